The average molecular weight is 386 g/mol. The number of carbonyl (C=O) groups excluding carboxylic acids is 2. The molecule has 0 heterocycles. The lowest BCUT2D eigenvalue weighted by Crippen LogP contribution is -2.35. The number of nitrogens with zero attached hydrogens (tertiary/aromatic N) is 1. The zero-order chi connectivity index (χ0) is 20.5. The van der Waals surface area contributed by atoms with Crippen molar-refractivity contribution in [1.29, 1.82) is 0 Å². The molecule has 2 amide bonds. The van der Waals surface area contributed by atoms with Gasteiger partial charge in [0.25, 0.3) is 0 Å². The van der Waals surface area contributed by atoms with Crippen molar-refractivity contribution in [2.45, 2.75) is 12.8 Å². The van der Waals surface area contributed by atoms with Crippen molar-refractivity contribution in [2.24, 2.45) is 0 Å². The van der Waals surface area contributed by atoms with E-state index in [1.165, 1.54) is 4.90 Å². The summed E-state index contributed by atoms with van der Waals surface area (Å²) in [5, 5.41) is 2.76. The molecule has 0 bridgehead atoms. The van der Waals surface area contributed by atoms with Crippen molar-refractivity contribution in [1.82, 2.24) is 4.90 Å². The van der Waals surface area contributed by atoms with Gasteiger partial charge in [0.05, 0.1) is 27.9 Å². The summed E-state index contributed by atoms with van der Waals surface area (Å²) in [5.41, 5.74) is 1.53. The molecule has 1 N–H and O–H groups in total. The maximum Gasteiger partial charge on any atom is 0.243 e. The van der Waals surface area contributed by atoms with Gasteiger partial charge in [0.2, 0.25) is 11.8 Å². The predicted molar refractivity (Wildman–Crippen MR) is 107 cm³/mol. The number of anilines is 1. The highest BCUT2D eigenvalue weighted by atomic mass is 16.5. The number of hydrogen-bond donors (Lipinski definition) is 1. The highest BCUT2D eigenvalue weighted by Gasteiger charge is 2.15. The molecule has 0 aliphatic rings. The lowest BCUT2D eigenvalue weighted by atomic mass is 10.1. The summed E-state index contributed by atoms with van der Waals surface area (Å²) in [5.74, 6) is 1.56. The first-order chi connectivity index (χ1) is 13.5. The molecule has 2 aromatic rings. The predicted octanol–water partition coefficient (Wildman–Crippen LogP) is 2.74. The quantitative estimate of drug-likeness (QED) is 0.717. The van der Waals surface area contributed by atoms with Crippen LogP contribution in [0, 0.1) is 0 Å². The molecule has 0 fully saturated rings. The number of ether oxygens (including phenoxy) is 3. The van der Waals surface area contributed by atoms with Crippen LogP contribution in [-0.2, 0) is 16.0 Å². The Balaban J connectivity index is 1.87. The Kier molecular flexibility index (Phi) is 7.68. The Hall–Kier alpha value is -3.22. The second-order valence-electron chi connectivity index (χ2n) is 6.18. The van der Waals surface area contributed by atoms with E-state index in [4.69, 9.17) is 14.2 Å². The van der Waals surface area contributed by atoms with E-state index in [9.17, 15) is 9.59 Å². The zero-order valence-electron chi connectivity index (χ0n) is 16.7. The third-order valence-electron chi connectivity index (χ3n) is 4.27. The Morgan fingerprint density at radius 3 is 2.29 bits per heavy atom. The van der Waals surface area contributed by atoms with Gasteiger partial charge in [-0.1, -0.05) is 12.1 Å². The highest BCUT2D eigenvalue weighted by Crippen LogP contribution is 2.31. The van der Waals surface area contributed by atoms with Gasteiger partial charge in [-0.2, -0.15) is 0 Å². The molecule has 0 spiro atoms. The fourth-order valence-electron chi connectivity index (χ4n) is 2.76. The summed E-state index contributed by atoms with van der Waals surface area (Å²) in [6.45, 7) is -0.0277. The van der Waals surface area contributed by atoms with E-state index in [2.05, 4.69) is 5.32 Å². The van der Waals surface area contributed by atoms with Gasteiger partial charge in [0.15, 0.2) is 11.5 Å². The summed E-state index contributed by atoms with van der Waals surface area (Å²) in [6.07, 6.45) is 0.749. The number of methoxy groups -OCH3 is 3. The van der Waals surface area contributed by atoms with Crippen LogP contribution in [0.2, 0.25) is 0 Å². The molecule has 0 saturated carbocycles. The number of hydrogen-bond acceptors (Lipinski definition) is 5. The van der Waals surface area contributed by atoms with E-state index in [0.717, 1.165) is 5.56 Å². The standard InChI is InChI=1S/C21H26N2O5/c1-23(14-19(24)22-16-9-11-17(26-2)12-10-16)20(25)13-8-15-6-5-7-18(27-3)21(15)28-4/h5-7,9-12H,8,13-14H2,1-4H3,(H,22,24). The number of amides is 2. The van der Waals surface area contributed by atoms with Crippen LogP contribution in [0.15, 0.2) is 42.5 Å². The summed E-state index contributed by atoms with van der Waals surface area (Å²) < 4.78 is 15.7. The molecule has 0 aliphatic heterocycles. The van der Waals surface area contributed by atoms with E-state index >= 15 is 0 Å². The van der Waals surface area contributed by atoms with Crippen LogP contribution in [0.5, 0.6) is 17.2 Å². The van der Waals surface area contributed by atoms with Crippen LogP contribution < -0.4 is 19.5 Å². The summed E-state index contributed by atoms with van der Waals surface area (Å²) in [7, 11) is 6.33. The Bertz CT molecular complexity index is 805. The summed E-state index contributed by atoms with van der Waals surface area (Å²) >= 11 is 0. The Morgan fingerprint density at radius 2 is 1.68 bits per heavy atom. The molecular weight excluding hydrogens is 360 g/mol. The number of aryl methyl sites for hydroxylation is 1. The van der Waals surface area contributed by atoms with Crippen LogP contribution in [0.3, 0.4) is 0 Å². The molecule has 7 heteroatoms. The average Bonchev–Trinajstić information content (AvgIpc) is 2.71. The van der Waals surface area contributed by atoms with Crippen molar-refractivity contribution in [2.75, 3.05) is 40.2 Å². The van der Waals surface area contributed by atoms with Crippen molar-refractivity contribution < 1.29 is 23.8 Å². The smallest absolute Gasteiger partial charge is 0.243 e. The SMILES string of the molecule is COc1ccc(NC(=O)CN(C)C(=O)CCc2cccc(OC)c2OC)cc1. The second-order valence-corrected chi connectivity index (χ2v) is 6.18. The first-order valence-electron chi connectivity index (χ1n) is 8.86. The van der Waals surface area contributed by atoms with Crippen molar-refractivity contribution in [3.05, 3.63) is 48.0 Å². The van der Waals surface area contributed by atoms with E-state index in [1.807, 2.05) is 12.1 Å². The normalized spacial score (nSPS) is 10.1. The molecule has 0 atom stereocenters. The lowest BCUT2D eigenvalue weighted by Gasteiger charge is -2.18. The molecule has 0 unspecified atom stereocenters. The maximum absolute atomic E-state index is 12.4. The fraction of sp³-hybridized carbons (Fsp3) is 0.333. The van der Waals surface area contributed by atoms with Gasteiger partial charge in [-0.25, -0.2) is 0 Å². The molecule has 0 saturated heterocycles. The van der Waals surface area contributed by atoms with Crippen LogP contribution in [0.4, 0.5) is 5.69 Å². The number of rotatable bonds is 9. The van der Waals surface area contributed by atoms with Gasteiger partial charge in [-0.05, 0) is 42.3 Å². The van der Waals surface area contributed by atoms with Crippen LogP contribution in [-0.4, -0.2) is 51.6 Å². The Labute approximate surface area is 165 Å². The molecule has 150 valence electrons. The Morgan fingerprint density at radius 1 is 0.964 bits per heavy atom. The third kappa shape index (κ3) is 5.64. The molecule has 2 aromatic carbocycles. The number of likely N-dealkylation sites (N-methyl/N-ethyl adjacent to an activating group) is 1. The van der Waals surface area contributed by atoms with E-state index < -0.39 is 0 Å². The molecule has 28 heavy (non-hydrogen) atoms. The first kappa shape index (κ1) is 21.1. The fourth-order valence-corrected chi connectivity index (χ4v) is 2.76. The van der Waals surface area contributed by atoms with Gasteiger partial charge < -0.3 is 24.4 Å². The van der Waals surface area contributed by atoms with Crippen LogP contribution in [0.1, 0.15) is 12.0 Å². The summed E-state index contributed by atoms with van der Waals surface area (Å²) in [4.78, 5) is 26.0. The molecular formula is C21H26N2O5. The lowest BCUT2D eigenvalue weighted by molar-refractivity contribution is -0.133. The number of carbonyl (C=O) groups is 2. The minimum Gasteiger partial charge on any atom is -0.497 e. The van der Waals surface area contributed by atoms with Crippen molar-refractivity contribution in [3.8, 4) is 17.2 Å². The second kappa shape index (κ2) is 10.2. The van der Waals surface area contributed by atoms with E-state index in [-0.39, 0.29) is 24.8 Å². The third-order valence-corrected chi connectivity index (χ3v) is 4.27. The van der Waals surface area contributed by atoms with Gasteiger partial charge in [-0.3, -0.25) is 9.59 Å². The number of benzene rings is 2. The van der Waals surface area contributed by atoms with Crippen molar-refractivity contribution >= 4 is 17.5 Å². The van der Waals surface area contributed by atoms with E-state index in [1.54, 1.807) is 58.7 Å². The zero-order valence-corrected chi connectivity index (χ0v) is 16.7. The minimum absolute atomic E-state index is 0.0277. The van der Waals surface area contributed by atoms with Crippen LogP contribution in [0.25, 0.3) is 0 Å². The van der Waals surface area contributed by atoms with Gasteiger partial charge in [-0.15, -0.1) is 0 Å². The monoisotopic (exact) mass is 386 g/mol. The molecule has 0 radical (unpaired) electrons. The highest BCUT2D eigenvalue weighted by molar-refractivity contribution is 5.94. The summed E-state index contributed by atoms with van der Waals surface area (Å²) in [6, 6.07) is 12.6. The van der Waals surface area contributed by atoms with Crippen molar-refractivity contribution in [3.63, 3.8) is 0 Å². The van der Waals surface area contributed by atoms with Gasteiger partial charge in [0, 0.05) is 19.2 Å². The molecule has 7 nitrogen and oxygen atoms in total. The molecule has 2 rings (SSSR count). The topological polar surface area (TPSA) is 77.1 Å². The van der Waals surface area contributed by atoms with Gasteiger partial charge in [0.1, 0.15) is 5.75 Å². The first-order valence-corrected chi connectivity index (χ1v) is 8.86. The number of nitrogens with one attached hydrogen (secondary N) is 1. The maximum atomic E-state index is 12.4. The number of para-hydroxylation sites is 1. The molecule has 0 aliphatic carbocycles. The largest absolute Gasteiger partial charge is 0.497 e. The van der Waals surface area contributed by atoms with Gasteiger partial charge >= 0.3 is 0 Å². The molecule has 0 aromatic heterocycles. The minimum atomic E-state index is -0.264. The van der Waals surface area contributed by atoms with Crippen LogP contribution >= 0.6 is 0 Å². The van der Waals surface area contributed by atoms with E-state index in [0.29, 0.717) is 29.4 Å².